The SMILES string of the molecule is CCOC(CNCc1ccc(OCc2ccccc2)c(OC)c1)OCC. The Hall–Kier alpha value is -2.08. The molecule has 0 atom stereocenters. The average Bonchev–Trinajstić information content (AvgIpc) is 2.68. The van der Waals surface area contributed by atoms with Crippen LogP contribution in [0.1, 0.15) is 25.0 Å². The number of benzene rings is 2. The minimum atomic E-state index is -0.222. The summed E-state index contributed by atoms with van der Waals surface area (Å²) in [5, 5.41) is 3.35. The van der Waals surface area contributed by atoms with Crippen molar-refractivity contribution in [2.24, 2.45) is 0 Å². The lowest BCUT2D eigenvalue weighted by atomic mass is 10.2. The second-order valence-corrected chi connectivity index (χ2v) is 5.73. The minimum Gasteiger partial charge on any atom is -0.493 e. The molecule has 0 unspecified atom stereocenters. The average molecular weight is 359 g/mol. The van der Waals surface area contributed by atoms with Crippen molar-refractivity contribution >= 4 is 0 Å². The van der Waals surface area contributed by atoms with Gasteiger partial charge in [-0.05, 0) is 37.1 Å². The van der Waals surface area contributed by atoms with Crippen LogP contribution >= 0.6 is 0 Å². The van der Waals surface area contributed by atoms with Crippen LogP contribution in [0.2, 0.25) is 0 Å². The van der Waals surface area contributed by atoms with Gasteiger partial charge in [0, 0.05) is 26.3 Å². The van der Waals surface area contributed by atoms with E-state index < -0.39 is 0 Å². The first-order valence-electron chi connectivity index (χ1n) is 9.04. The molecule has 0 aromatic heterocycles. The molecule has 0 aliphatic carbocycles. The Kier molecular flexibility index (Phi) is 8.96. The first kappa shape index (κ1) is 20.2. The van der Waals surface area contributed by atoms with Gasteiger partial charge in [-0.1, -0.05) is 36.4 Å². The van der Waals surface area contributed by atoms with Gasteiger partial charge < -0.3 is 24.3 Å². The number of methoxy groups -OCH3 is 1. The van der Waals surface area contributed by atoms with Gasteiger partial charge in [0.2, 0.25) is 0 Å². The van der Waals surface area contributed by atoms with Crippen LogP contribution < -0.4 is 14.8 Å². The lowest BCUT2D eigenvalue weighted by Gasteiger charge is -2.18. The summed E-state index contributed by atoms with van der Waals surface area (Å²) in [5.41, 5.74) is 2.24. The molecule has 0 spiro atoms. The third-order valence-electron chi connectivity index (χ3n) is 3.81. The van der Waals surface area contributed by atoms with E-state index in [0.29, 0.717) is 32.9 Å². The Labute approximate surface area is 156 Å². The van der Waals surface area contributed by atoms with E-state index >= 15 is 0 Å². The molecule has 142 valence electrons. The molecule has 5 nitrogen and oxygen atoms in total. The third-order valence-corrected chi connectivity index (χ3v) is 3.81. The minimum absolute atomic E-state index is 0.222. The fourth-order valence-electron chi connectivity index (χ4n) is 2.55. The Morgan fingerprint density at radius 1 is 0.885 bits per heavy atom. The first-order chi connectivity index (χ1) is 12.8. The maximum absolute atomic E-state index is 5.89. The Bertz CT molecular complexity index is 627. The monoisotopic (exact) mass is 359 g/mol. The third kappa shape index (κ3) is 6.67. The summed E-state index contributed by atoms with van der Waals surface area (Å²) in [6.07, 6.45) is -0.222. The highest BCUT2D eigenvalue weighted by Crippen LogP contribution is 2.28. The zero-order valence-corrected chi connectivity index (χ0v) is 15.9. The molecule has 2 aromatic rings. The van der Waals surface area contributed by atoms with Crippen LogP contribution in [0.15, 0.2) is 48.5 Å². The van der Waals surface area contributed by atoms with E-state index in [2.05, 4.69) is 5.32 Å². The van der Waals surface area contributed by atoms with Gasteiger partial charge in [-0.3, -0.25) is 0 Å². The second kappa shape index (κ2) is 11.5. The zero-order valence-electron chi connectivity index (χ0n) is 15.9. The topological polar surface area (TPSA) is 49.0 Å². The molecule has 0 amide bonds. The van der Waals surface area contributed by atoms with Crippen molar-refractivity contribution in [2.45, 2.75) is 33.3 Å². The smallest absolute Gasteiger partial charge is 0.169 e. The van der Waals surface area contributed by atoms with Gasteiger partial charge in [-0.15, -0.1) is 0 Å². The molecule has 26 heavy (non-hydrogen) atoms. The molecule has 0 saturated heterocycles. The maximum atomic E-state index is 5.89. The predicted octanol–water partition coefficient (Wildman–Crippen LogP) is 3.76. The number of rotatable bonds is 12. The lowest BCUT2D eigenvalue weighted by molar-refractivity contribution is -0.133. The summed E-state index contributed by atoms with van der Waals surface area (Å²) in [6.45, 7) is 7.04. The highest BCUT2D eigenvalue weighted by molar-refractivity contribution is 5.43. The van der Waals surface area contributed by atoms with Crippen molar-refractivity contribution in [1.29, 1.82) is 0 Å². The zero-order chi connectivity index (χ0) is 18.6. The molecule has 5 heteroatoms. The Morgan fingerprint density at radius 3 is 2.27 bits per heavy atom. The highest BCUT2D eigenvalue weighted by atomic mass is 16.7. The summed E-state index contributed by atoms with van der Waals surface area (Å²) < 4.78 is 22.4. The van der Waals surface area contributed by atoms with Gasteiger partial charge in [0.15, 0.2) is 17.8 Å². The van der Waals surface area contributed by atoms with Crippen molar-refractivity contribution in [2.75, 3.05) is 26.9 Å². The van der Waals surface area contributed by atoms with E-state index in [1.54, 1.807) is 7.11 Å². The number of hydrogen-bond donors (Lipinski definition) is 1. The van der Waals surface area contributed by atoms with E-state index in [1.807, 2.05) is 62.4 Å². The lowest BCUT2D eigenvalue weighted by Crippen LogP contribution is -2.31. The summed E-state index contributed by atoms with van der Waals surface area (Å²) in [7, 11) is 1.65. The van der Waals surface area contributed by atoms with E-state index in [0.717, 1.165) is 22.6 Å². The van der Waals surface area contributed by atoms with Crippen molar-refractivity contribution < 1.29 is 18.9 Å². The van der Waals surface area contributed by atoms with Gasteiger partial charge >= 0.3 is 0 Å². The molecule has 0 fully saturated rings. The van der Waals surface area contributed by atoms with Gasteiger partial charge in [0.1, 0.15) is 6.61 Å². The molecular weight excluding hydrogens is 330 g/mol. The van der Waals surface area contributed by atoms with Crippen molar-refractivity contribution in [3.8, 4) is 11.5 Å². The first-order valence-corrected chi connectivity index (χ1v) is 9.04. The number of ether oxygens (including phenoxy) is 4. The van der Waals surface area contributed by atoms with Crippen LogP contribution in [0.25, 0.3) is 0 Å². The molecule has 0 radical (unpaired) electrons. The van der Waals surface area contributed by atoms with Crippen LogP contribution in [-0.4, -0.2) is 33.2 Å². The standard InChI is InChI=1S/C21H29NO4/c1-4-24-21(25-5-2)15-22-14-18-11-12-19(20(13-18)23-3)26-16-17-9-7-6-8-10-17/h6-13,21-22H,4-5,14-16H2,1-3H3. The quantitative estimate of drug-likeness (QED) is 0.585. The van der Waals surface area contributed by atoms with E-state index in [4.69, 9.17) is 18.9 Å². The van der Waals surface area contributed by atoms with Crippen LogP contribution in [0, 0.1) is 0 Å². The van der Waals surface area contributed by atoms with Crippen molar-refractivity contribution in [3.05, 3.63) is 59.7 Å². The van der Waals surface area contributed by atoms with Crippen LogP contribution in [0.4, 0.5) is 0 Å². The van der Waals surface area contributed by atoms with Gasteiger partial charge in [0.05, 0.1) is 7.11 Å². The fraction of sp³-hybridized carbons (Fsp3) is 0.429. The molecule has 2 rings (SSSR count). The van der Waals surface area contributed by atoms with Gasteiger partial charge in [-0.25, -0.2) is 0 Å². The molecular formula is C21H29NO4. The maximum Gasteiger partial charge on any atom is 0.169 e. The van der Waals surface area contributed by atoms with Crippen LogP contribution in [-0.2, 0) is 22.6 Å². The van der Waals surface area contributed by atoms with Crippen molar-refractivity contribution in [1.82, 2.24) is 5.32 Å². The second-order valence-electron chi connectivity index (χ2n) is 5.73. The van der Waals surface area contributed by atoms with E-state index in [-0.39, 0.29) is 6.29 Å². The summed E-state index contributed by atoms with van der Waals surface area (Å²) in [4.78, 5) is 0. The Balaban J connectivity index is 1.88. The predicted molar refractivity (Wildman–Crippen MR) is 103 cm³/mol. The molecule has 0 bridgehead atoms. The van der Waals surface area contributed by atoms with E-state index in [1.165, 1.54) is 0 Å². The molecule has 2 aromatic carbocycles. The normalized spacial score (nSPS) is 10.9. The van der Waals surface area contributed by atoms with Crippen LogP contribution in [0.3, 0.4) is 0 Å². The highest BCUT2D eigenvalue weighted by Gasteiger charge is 2.09. The van der Waals surface area contributed by atoms with Gasteiger partial charge in [-0.2, -0.15) is 0 Å². The van der Waals surface area contributed by atoms with Crippen LogP contribution in [0.5, 0.6) is 11.5 Å². The summed E-state index contributed by atoms with van der Waals surface area (Å²) in [6, 6.07) is 16.0. The largest absolute Gasteiger partial charge is 0.493 e. The molecule has 0 aliphatic rings. The number of hydrogen-bond acceptors (Lipinski definition) is 5. The van der Waals surface area contributed by atoms with E-state index in [9.17, 15) is 0 Å². The summed E-state index contributed by atoms with van der Waals surface area (Å²) in [5.74, 6) is 1.47. The van der Waals surface area contributed by atoms with Crippen molar-refractivity contribution in [3.63, 3.8) is 0 Å². The summed E-state index contributed by atoms with van der Waals surface area (Å²) >= 11 is 0. The molecule has 0 heterocycles. The Morgan fingerprint density at radius 2 is 1.62 bits per heavy atom. The number of nitrogens with one attached hydrogen (secondary N) is 1. The molecule has 0 saturated carbocycles. The molecule has 1 N–H and O–H groups in total. The van der Waals surface area contributed by atoms with Gasteiger partial charge in [0.25, 0.3) is 0 Å². The fourth-order valence-corrected chi connectivity index (χ4v) is 2.55. The molecule has 0 aliphatic heterocycles.